The van der Waals surface area contributed by atoms with E-state index in [1.54, 1.807) is 6.08 Å². The Kier molecular flexibility index (Phi) is 8.45. The van der Waals surface area contributed by atoms with Crippen molar-refractivity contribution in [3.8, 4) is 5.75 Å². The van der Waals surface area contributed by atoms with Gasteiger partial charge in [0, 0.05) is 31.3 Å². The van der Waals surface area contributed by atoms with Crippen LogP contribution in [-0.4, -0.2) is 59.7 Å². The molecule has 4 aromatic rings. The zero-order chi connectivity index (χ0) is 28.0. The summed E-state index contributed by atoms with van der Waals surface area (Å²) in [5.41, 5.74) is 4.80. The van der Waals surface area contributed by atoms with Crippen molar-refractivity contribution in [2.75, 3.05) is 32.8 Å². The Hall–Kier alpha value is -3.93. The van der Waals surface area contributed by atoms with Gasteiger partial charge in [0.2, 0.25) is 5.91 Å². The predicted octanol–water partition coefficient (Wildman–Crippen LogP) is 6.06. The second kappa shape index (κ2) is 12.7. The van der Waals surface area contributed by atoms with Gasteiger partial charge in [-0.05, 0) is 77.9 Å². The Balaban J connectivity index is 0.983. The molecule has 0 radical (unpaired) electrons. The van der Waals surface area contributed by atoms with Crippen LogP contribution in [0.4, 0.5) is 0 Å². The number of nitrogens with zero attached hydrogens (tertiary/aromatic N) is 2. The van der Waals surface area contributed by atoms with Gasteiger partial charge in [-0.25, -0.2) is 0 Å². The molecule has 5 heteroatoms. The smallest absolute Gasteiger partial charge is 0.246 e. The van der Waals surface area contributed by atoms with E-state index in [0.717, 1.165) is 44.5 Å². The van der Waals surface area contributed by atoms with Crippen molar-refractivity contribution in [2.24, 2.45) is 0 Å². The van der Waals surface area contributed by atoms with Crippen LogP contribution in [-0.2, 0) is 17.8 Å². The number of β-amino-alcohol motifs (C(OH)–C–C–N with tert-alkyl or cyclic N) is 1. The van der Waals surface area contributed by atoms with Gasteiger partial charge in [-0.1, -0.05) is 84.9 Å². The predicted molar refractivity (Wildman–Crippen MR) is 165 cm³/mol. The number of fused-ring (bicyclic) bond motifs is 2. The number of aliphatic hydroxyl groups excluding tert-OH is 1. The molecule has 5 nitrogen and oxygen atoms in total. The number of rotatable bonds is 8. The summed E-state index contributed by atoms with van der Waals surface area (Å²) in [6.45, 7) is 4.12. The van der Waals surface area contributed by atoms with E-state index in [9.17, 15) is 9.90 Å². The summed E-state index contributed by atoms with van der Waals surface area (Å²) in [6, 6.07) is 31.4. The molecule has 1 amide bonds. The van der Waals surface area contributed by atoms with E-state index in [0.29, 0.717) is 24.8 Å². The summed E-state index contributed by atoms with van der Waals surface area (Å²) in [6.07, 6.45) is 5.94. The first-order valence-electron chi connectivity index (χ1n) is 14.8. The maximum atomic E-state index is 12.9. The number of para-hydroxylation sites is 1. The molecule has 0 saturated carbocycles. The first-order valence-corrected chi connectivity index (χ1v) is 14.8. The van der Waals surface area contributed by atoms with Crippen LogP contribution in [0.15, 0.2) is 97.1 Å². The fraction of sp³-hybridized carbons (Fsp3) is 0.306. The molecule has 1 fully saturated rings. The normalized spacial score (nSPS) is 17.0. The maximum Gasteiger partial charge on any atom is 0.246 e. The molecule has 210 valence electrons. The third kappa shape index (κ3) is 6.70. The zero-order valence-corrected chi connectivity index (χ0v) is 23.5. The molecule has 2 heterocycles. The lowest BCUT2D eigenvalue weighted by atomic mass is 9.88. The van der Waals surface area contributed by atoms with Crippen molar-refractivity contribution in [1.29, 1.82) is 0 Å². The van der Waals surface area contributed by atoms with Gasteiger partial charge >= 0.3 is 0 Å². The SMILES string of the molecule is O=C(C=Cc1ccccc1OC[C@@H](O)CN1CCC(c2ccc3ccccc3c2)CC1)N1CCc2ccccc2C1. The van der Waals surface area contributed by atoms with E-state index in [-0.39, 0.29) is 12.5 Å². The molecule has 2 aliphatic rings. The number of carbonyl (C=O) groups is 1. The first kappa shape index (κ1) is 27.3. The van der Waals surface area contributed by atoms with Gasteiger partial charge in [0.25, 0.3) is 0 Å². The van der Waals surface area contributed by atoms with Crippen molar-refractivity contribution >= 4 is 22.8 Å². The number of ether oxygens (including phenoxy) is 1. The molecule has 0 bridgehead atoms. The molecule has 1 atom stereocenters. The lowest BCUT2D eigenvalue weighted by Gasteiger charge is -2.33. The van der Waals surface area contributed by atoms with Crippen LogP contribution in [0.25, 0.3) is 16.8 Å². The summed E-state index contributed by atoms with van der Waals surface area (Å²) in [5, 5.41) is 13.4. The third-order valence-electron chi connectivity index (χ3n) is 8.50. The van der Waals surface area contributed by atoms with Gasteiger partial charge in [0.15, 0.2) is 0 Å². The quantitative estimate of drug-likeness (QED) is 0.273. The van der Waals surface area contributed by atoms with Crippen LogP contribution >= 0.6 is 0 Å². The van der Waals surface area contributed by atoms with E-state index >= 15 is 0 Å². The van der Waals surface area contributed by atoms with Crippen LogP contribution in [0.1, 0.15) is 41.0 Å². The van der Waals surface area contributed by atoms with Crippen molar-refractivity contribution < 1.29 is 14.6 Å². The Bertz CT molecular complexity index is 1520. The molecule has 1 N–H and O–H groups in total. The van der Waals surface area contributed by atoms with E-state index in [4.69, 9.17) is 4.74 Å². The van der Waals surface area contributed by atoms with Crippen LogP contribution in [0, 0.1) is 0 Å². The molecular weight excluding hydrogens is 508 g/mol. The van der Waals surface area contributed by atoms with Gasteiger partial charge in [-0.3, -0.25) is 4.79 Å². The lowest BCUT2D eigenvalue weighted by molar-refractivity contribution is -0.126. The van der Waals surface area contributed by atoms with Crippen molar-refractivity contribution in [3.63, 3.8) is 0 Å². The molecular formula is C36H38N2O3. The van der Waals surface area contributed by atoms with Gasteiger partial charge in [0.05, 0.1) is 0 Å². The Morgan fingerprint density at radius 1 is 0.878 bits per heavy atom. The molecule has 41 heavy (non-hydrogen) atoms. The number of benzene rings is 4. The highest BCUT2D eigenvalue weighted by atomic mass is 16.5. The summed E-state index contributed by atoms with van der Waals surface area (Å²) in [4.78, 5) is 17.1. The van der Waals surface area contributed by atoms with Gasteiger partial charge in [-0.15, -0.1) is 0 Å². The fourth-order valence-corrected chi connectivity index (χ4v) is 6.15. The van der Waals surface area contributed by atoms with Gasteiger partial charge in [0.1, 0.15) is 18.5 Å². The number of carbonyl (C=O) groups excluding carboxylic acids is 1. The minimum Gasteiger partial charge on any atom is -0.490 e. The van der Waals surface area contributed by atoms with E-state index in [2.05, 4.69) is 65.6 Å². The molecule has 0 spiro atoms. The largest absolute Gasteiger partial charge is 0.490 e. The van der Waals surface area contributed by atoms with Crippen molar-refractivity contribution in [1.82, 2.24) is 9.80 Å². The highest BCUT2D eigenvalue weighted by Crippen LogP contribution is 2.30. The summed E-state index contributed by atoms with van der Waals surface area (Å²) >= 11 is 0. The van der Waals surface area contributed by atoms with Crippen LogP contribution in [0.3, 0.4) is 0 Å². The molecule has 1 saturated heterocycles. The highest BCUT2D eigenvalue weighted by molar-refractivity contribution is 5.92. The van der Waals surface area contributed by atoms with E-state index in [1.807, 2.05) is 41.3 Å². The average Bonchev–Trinajstić information content (AvgIpc) is 3.03. The number of aliphatic hydroxyl groups is 1. The number of hydrogen-bond donors (Lipinski definition) is 1. The number of likely N-dealkylation sites (tertiary alicyclic amines) is 1. The van der Waals surface area contributed by atoms with Gasteiger partial charge in [-0.2, -0.15) is 0 Å². The van der Waals surface area contributed by atoms with Crippen molar-refractivity contribution in [3.05, 3.63) is 119 Å². The maximum absolute atomic E-state index is 12.9. The molecule has 6 rings (SSSR count). The Labute approximate surface area is 242 Å². The highest BCUT2D eigenvalue weighted by Gasteiger charge is 2.23. The Morgan fingerprint density at radius 3 is 2.46 bits per heavy atom. The standard InChI is InChI=1S/C36H38N2O3/c39-34(25-37-20-17-29(18-21-37)32-14-13-27-7-1-3-10-31(27)23-32)26-41-35-12-6-5-9-30(35)15-16-36(40)38-22-19-28-8-2-4-11-33(28)24-38/h1-16,23,29,34,39H,17-22,24-26H2/t34-/m0/s1. The van der Waals surface area contributed by atoms with E-state index < -0.39 is 6.10 Å². The second-order valence-electron chi connectivity index (χ2n) is 11.3. The number of hydrogen-bond acceptors (Lipinski definition) is 4. The molecule has 4 aromatic carbocycles. The first-order chi connectivity index (χ1) is 20.1. The summed E-state index contributed by atoms with van der Waals surface area (Å²) < 4.78 is 6.04. The van der Waals surface area contributed by atoms with Gasteiger partial charge < -0.3 is 19.6 Å². The van der Waals surface area contributed by atoms with Crippen molar-refractivity contribution in [2.45, 2.75) is 37.8 Å². The topological polar surface area (TPSA) is 53.0 Å². The lowest BCUT2D eigenvalue weighted by Crippen LogP contribution is -2.40. The molecule has 2 aliphatic heterocycles. The molecule has 0 unspecified atom stereocenters. The third-order valence-corrected chi connectivity index (χ3v) is 8.50. The van der Waals surface area contributed by atoms with Crippen LogP contribution < -0.4 is 4.74 Å². The molecule has 0 aromatic heterocycles. The van der Waals surface area contributed by atoms with Crippen LogP contribution in [0.2, 0.25) is 0 Å². The van der Waals surface area contributed by atoms with E-state index in [1.165, 1.54) is 27.5 Å². The monoisotopic (exact) mass is 546 g/mol. The Morgan fingerprint density at radius 2 is 1.61 bits per heavy atom. The van der Waals surface area contributed by atoms with Crippen LogP contribution in [0.5, 0.6) is 5.75 Å². The average molecular weight is 547 g/mol. The summed E-state index contributed by atoms with van der Waals surface area (Å²) in [5.74, 6) is 1.24. The minimum atomic E-state index is -0.584. The number of piperidine rings is 1. The fourth-order valence-electron chi connectivity index (χ4n) is 6.15. The minimum absolute atomic E-state index is 0.00133. The number of amides is 1. The second-order valence-corrected chi connectivity index (χ2v) is 11.3. The zero-order valence-electron chi connectivity index (χ0n) is 23.5. The summed E-state index contributed by atoms with van der Waals surface area (Å²) in [7, 11) is 0. The molecule has 0 aliphatic carbocycles.